The van der Waals surface area contributed by atoms with E-state index in [0.29, 0.717) is 45.7 Å². The van der Waals surface area contributed by atoms with Crippen molar-refractivity contribution in [3.8, 4) is 17.6 Å². The minimum absolute atomic E-state index is 0.224. The van der Waals surface area contributed by atoms with Gasteiger partial charge in [-0.05, 0) is 66.9 Å². The second-order valence-corrected chi connectivity index (χ2v) is 7.98. The molecular weight excluding hydrogens is 460 g/mol. The van der Waals surface area contributed by atoms with Crippen molar-refractivity contribution in [2.24, 2.45) is 0 Å². The quantitative estimate of drug-likeness (QED) is 0.177. The Bertz CT molecular complexity index is 1230. The number of allylic oxidation sites excluding steroid dienone is 2. The molecular formula is C27H22Cl2FNO2. The molecule has 33 heavy (non-hydrogen) atoms. The molecule has 0 saturated carbocycles. The minimum atomic E-state index is -0.402. The molecule has 0 saturated heterocycles. The predicted molar refractivity (Wildman–Crippen MR) is 132 cm³/mol. The van der Waals surface area contributed by atoms with E-state index in [0.717, 1.165) is 16.7 Å². The smallest absolute Gasteiger partial charge is 0.165 e. The molecule has 0 radical (unpaired) electrons. The van der Waals surface area contributed by atoms with Crippen molar-refractivity contribution in [3.63, 3.8) is 0 Å². The van der Waals surface area contributed by atoms with E-state index < -0.39 is 5.82 Å². The van der Waals surface area contributed by atoms with Gasteiger partial charge in [-0.25, -0.2) is 4.39 Å². The Balaban J connectivity index is 2.02. The van der Waals surface area contributed by atoms with Gasteiger partial charge in [-0.1, -0.05) is 47.5 Å². The fourth-order valence-electron chi connectivity index (χ4n) is 3.29. The summed E-state index contributed by atoms with van der Waals surface area (Å²) >= 11 is 12.3. The topological polar surface area (TPSA) is 42.2 Å². The van der Waals surface area contributed by atoms with Crippen LogP contribution in [0.4, 0.5) is 4.39 Å². The maximum atomic E-state index is 13.7. The lowest BCUT2D eigenvalue weighted by molar-refractivity contribution is 0.267. The van der Waals surface area contributed by atoms with E-state index in [1.165, 1.54) is 12.1 Å². The summed E-state index contributed by atoms with van der Waals surface area (Å²) in [6.07, 6.45) is 3.98. The van der Waals surface area contributed by atoms with Crippen LogP contribution in [0.1, 0.15) is 29.2 Å². The Morgan fingerprint density at radius 3 is 2.58 bits per heavy atom. The molecule has 0 aliphatic carbocycles. The average Bonchev–Trinajstić information content (AvgIpc) is 2.78. The SMILES string of the molecule is C=CCc1cc(/C=C(/C#N)c2cccc(F)c2)cc(OCC)c1OCc1ccc(Cl)cc1Cl. The number of nitriles is 1. The summed E-state index contributed by atoms with van der Waals surface area (Å²) in [4.78, 5) is 0. The molecule has 0 aromatic heterocycles. The Hall–Kier alpha value is -3.26. The highest BCUT2D eigenvalue weighted by atomic mass is 35.5. The van der Waals surface area contributed by atoms with Crippen LogP contribution in [-0.2, 0) is 13.0 Å². The van der Waals surface area contributed by atoms with Crippen molar-refractivity contribution >= 4 is 34.9 Å². The first-order chi connectivity index (χ1) is 15.9. The molecule has 0 atom stereocenters. The standard InChI is InChI=1S/C27H22Cl2FNO2/c1-3-6-20-11-18(12-22(16-31)19-7-5-8-24(30)14-19)13-26(32-4-2)27(20)33-17-21-9-10-23(28)15-25(21)29/h3,5,7-15H,1,4,6,17H2,2H3/b22-12-. The van der Waals surface area contributed by atoms with Crippen molar-refractivity contribution in [1.29, 1.82) is 5.26 Å². The number of nitrogens with zero attached hydrogens (tertiary/aromatic N) is 1. The first-order valence-corrected chi connectivity index (χ1v) is 11.1. The second kappa shape index (κ2) is 11.6. The summed E-state index contributed by atoms with van der Waals surface area (Å²) < 4.78 is 25.6. The molecule has 0 aliphatic rings. The summed E-state index contributed by atoms with van der Waals surface area (Å²) in [5.41, 5.74) is 3.19. The highest BCUT2D eigenvalue weighted by Gasteiger charge is 2.15. The van der Waals surface area contributed by atoms with Crippen molar-refractivity contribution in [3.05, 3.63) is 105 Å². The minimum Gasteiger partial charge on any atom is -0.490 e. The maximum Gasteiger partial charge on any atom is 0.165 e. The number of halogens is 3. The van der Waals surface area contributed by atoms with Gasteiger partial charge in [0, 0.05) is 21.2 Å². The molecule has 3 nitrogen and oxygen atoms in total. The first kappa shape index (κ1) is 24.4. The zero-order chi connectivity index (χ0) is 23.8. The summed E-state index contributed by atoms with van der Waals surface area (Å²) in [5.74, 6) is 0.703. The average molecular weight is 482 g/mol. The molecule has 0 fully saturated rings. The molecule has 3 aromatic rings. The lowest BCUT2D eigenvalue weighted by atomic mass is 10.0. The van der Waals surface area contributed by atoms with E-state index in [2.05, 4.69) is 12.6 Å². The highest BCUT2D eigenvalue weighted by Crippen LogP contribution is 2.36. The van der Waals surface area contributed by atoms with Gasteiger partial charge < -0.3 is 9.47 Å². The molecule has 0 spiro atoms. The maximum absolute atomic E-state index is 13.7. The van der Waals surface area contributed by atoms with E-state index in [1.807, 2.05) is 19.1 Å². The largest absolute Gasteiger partial charge is 0.490 e. The van der Waals surface area contributed by atoms with Gasteiger partial charge in [0.05, 0.1) is 18.2 Å². The van der Waals surface area contributed by atoms with Crippen LogP contribution in [0, 0.1) is 17.1 Å². The molecule has 3 rings (SSSR count). The summed E-state index contributed by atoms with van der Waals surface area (Å²) in [6.45, 7) is 6.36. The second-order valence-electron chi connectivity index (χ2n) is 7.14. The summed E-state index contributed by atoms with van der Waals surface area (Å²) in [7, 11) is 0. The Labute approximate surface area is 203 Å². The zero-order valence-electron chi connectivity index (χ0n) is 18.1. The van der Waals surface area contributed by atoms with Crippen molar-refractivity contribution in [1.82, 2.24) is 0 Å². The van der Waals surface area contributed by atoms with Crippen LogP contribution in [0.15, 0.2) is 67.3 Å². The molecule has 3 aromatic carbocycles. The van der Waals surface area contributed by atoms with Gasteiger partial charge >= 0.3 is 0 Å². The van der Waals surface area contributed by atoms with E-state index in [1.54, 1.807) is 42.5 Å². The first-order valence-electron chi connectivity index (χ1n) is 10.3. The van der Waals surface area contributed by atoms with Crippen LogP contribution in [0.3, 0.4) is 0 Å². The third kappa shape index (κ3) is 6.38. The predicted octanol–water partition coefficient (Wildman–Crippen LogP) is 7.90. The van der Waals surface area contributed by atoms with Crippen molar-refractivity contribution < 1.29 is 13.9 Å². The van der Waals surface area contributed by atoms with Crippen molar-refractivity contribution in [2.45, 2.75) is 20.0 Å². The molecule has 0 N–H and O–H groups in total. The number of benzene rings is 3. The van der Waals surface area contributed by atoms with E-state index in [4.69, 9.17) is 32.7 Å². The Kier molecular flexibility index (Phi) is 8.54. The fourth-order valence-corrected chi connectivity index (χ4v) is 3.76. The molecule has 168 valence electrons. The lowest BCUT2D eigenvalue weighted by Gasteiger charge is -2.17. The van der Waals surface area contributed by atoms with Gasteiger partial charge in [0.15, 0.2) is 11.5 Å². The monoisotopic (exact) mass is 481 g/mol. The molecule has 0 aliphatic heterocycles. The molecule has 6 heteroatoms. The third-order valence-corrected chi connectivity index (χ3v) is 5.36. The van der Waals surface area contributed by atoms with Crippen molar-refractivity contribution in [2.75, 3.05) is 6.61 Å². The van der Waals surface area contributed by atoms with Crippen LogP contribution in [0.5, 0.6) is 11.5 Å². The van der Waals surface area contributed by atoms with E-state index in [9.17, 15) is 9.65 Å². The number of hydrogen-bond acceptors (Lipinski definition) is 3. The highest BCUT2D eigenvalue weighted by molar-refractivity contribution is 6.35. The van der Waals surface area contributed by atoms with Gasteiger partial charge in [0.25, 0.3) is 0 Å². The van der Waals surface area contributed by atoms with Gasteiger partial charge in [-0.2, -0.15) is 5.26 Å². The molecule has 0 amide bonds. The molecule has 0 heterocycles. The molecule has 0 bridgehead atoms. The van der Waals surface area contributed by atoms with Gasteiger partial charge in [-0.15, -0.1) is 6.58 Å². The van der Waals surface area contributed by atoms with E-state index in [-0.39, 0.29) is 6.61 Å². The van der Waals surface area contributed by atoms with Crippen LogP contribution >= 0.6 is 23.2 Å². The van der Waals surface area contributed by atoms with Gasteiger partial charge in [0.2, 0.25) is 0 Å². The lowest BCUT2D eigenvalue weighted by Crippen LogP contribution is -2.04. The van der Waals surface area contributed by atoms with Crippen LogP contribution < -0.4 is 9.47 Å². The van der Waals surface area contributed by atoms with E-state index >= 15 is 0 Å². The number of ether oxygens (including phenoxy) is 2. The molecule has 0 unspecified atom stereocenters. The zero-order valence-corrected chi connectivity index (χ0v) is 19.6. The van der Waals surface area contributed by atoms with Crippen LogP contribution in [0.25, 0.3) is 11.6 Å². The van der Waals surface area contributed by atoms with Gasteiger partial charge in [0.1, 0.15) is 12.4 Å². The van der Waals surface area contributed by atoms with Crippen LogP contribution in [-0.4, -0.2) is 6.61 Å². The Morgan fingerprint density at radius 2 is 1.91 bits per heavy atom. The summed E-state index contributed by atoms with van der Waals surface area (Å²) in [5, 5.41) is 10.7. The van der Waals surface area contributed by atoms with Gasteiger partial charge in [-0.3, -0.25) is 0 Å². The summed E-state index contributed by atoms with van der Waals surface area (Å²) in [6, 6.07) is 17.0. The third-order valence-electron chi connectivity index (χ3n) is 4.77. The van der Waals surface area contributed by atoms with Crippen LogP contribution in [0.2, 0.25) is 10.0 Å². The normalized spacial score (nSPS) is 11.1. The fraction of sp³-hybridized carbons (Fsp3) is 0.148. The number of rotatable bonds is 9. The number of hydrogen-bond donors (Lipinski definition) is 0. The Morgan fingerprint density at radius 1 is 1.09 bits per heavy atom.